The zero-order valence-corrected chi connectivity index (χ0v) is 9.08. The average molecular weight is 282 g/mol. The summed E-state index contributed by atoms with van der Waals surface area (Å²) >= 11 is 0. The third kappa shape index (κ3) is 4.92. The summed E-state index contributed by atoms with van der Waals surface area (Å²) in [5, 5.41) is 0. The molecule has 0 fully saturated rings. The van der Waals surface area contributed by atoms with Crippen molar-refractivity contribution < 1.29 is 40.3 Å². The second-order valence-electron chi connectivity index (χ2n) is 3.59. The third-order valence-electron chi connectivity index (χ3n) is 1.66. The van der Waals surface area contributed by atoms with E-state index in [0.717, 1.165) is 6.92 Å². The minimum atomic E-state index is -6.09. The maximum atomic E-state index is 12.8. The summed E-state index contributed by atoms with van der Waals surface area (Å²) in [6, 6.07) is 0. The molecule has 0 unspecified atom stereocenters. The predicted octanol–water partition coefficient (Wildman–Crippen LogP) is 3.33. The van der Waals surface area contributed by atoms with Gasteiger partial charge in [-0.2, -0.15) is 22.0 Å². The van der Waals surface area contributed by atoms with E-state index >= 15 is 0 Å². The first-order chi connectivity index (χ1) is 7.78. The van der Waals surface area contributed by atoms with Crippen molar-refractivity contribution in [3.05, 3.63) is 12.2 Å². The van der Waals surface area contributed by atoms with Crippen LogP contribution in [0.3, 0.4) is 0 Å². The molecule has 106 valence electrons. The topological polar surface area (TPSA) is 26.3 Å². The van der Waals surface area contributed by atoms with Crippen LogP contribution in [0.1, 0.15) is 13.3 Å². The fourth-order valence-electron chi connectivity index (χ4n) is 0.770. The van der Waals surface area contributed by atoms with E-state index < -0.39 is 37.0 Å². The molecule has 0 bridgehead atoms. The summed E-state index contributed by atoms with van der Waals surface area (Å²) in [6.07, 6.45) is -8.87. The van der Waals surface area contributed by atoms with E-state index in [-0.39, 0.29) is 5.57 Å². The molecule has 18 heavy (non-hydrogen) atoms. The fourth-order valence-corrected chi connectivity index (χ4v) is 0.770. The van der Waals surface area contributed by atoms with Crippen LogP contribution in [0.15, 0.2) is 12.2 Å². The van der Waals surface area contributed by atoms with Crippen LogP contribution in [0, 0.1) is 0 Å². The van der Waals surface area contributed by atoms with E-state index in [9.17, 15) is 35.5 Å². The molecule has 0 amide bonds. The summed E-state index contributed by atoms with van der Waals surface area (Å²) in [5.41, 5.74) is -0.284. The van der Waals surface area contributed by atoms with Gasteiger partial charge in [-0.1, -0.05) is 6.58 Å². The Morgan fingerprint density at radius 2 is 1.56 bits per heavy atom. The van der Waals surface area contributed by atoms with E-state index in [4.69, 9.17) is 0 Å². The Morgan fingerprint density at radius 3 is 1.89 bits per heavy atom. The van der Waals surface area contributed by atoms with Crippen molar-refractivity contribution in [2.24, 2.45) is 0 Å². The Bertz CT molecular complexity index is 332. The molecule has 0 aliphatic carbocycles. The van der Waals surface area contributed by atoms with Crippen LogP contribution in [-0.4, -0.2) is 30.6 Å². The lowest BCUT2D eigenvalue weighted by Gasteiger charge is -2.24. The summed E-state index contributed by atoms with van der Waals surface area (Å²) in [7, 11) is 0. The molecule has 0 radical (unpaired) electrons. The number of alkyl halides is 7. The van der Waals surface area contributed by atoms with Crippen molar-refractivity contribution in [3.8, 4) is 0 Å². The highest BCUT2D eigenvalue weighted by Gasteiger charge is 2.61. The number of rotatable bonds is 5. The van der Waals surface area contributed by atoms with Crippen LogP contribution >= 0.6 is 0 Å². The first kappa shape index (κ1) is 16.7. The Hall–Kier alpha value is -1.28. The lowest BCUT2D eigenvalue weighted by Crippen LogP contribution is -2.43. The van der Waals surface area contributed by atoms with Gasteiger partial charge in [-0.25, -0.2) is 13.6 Å². The molecule has 0 spiro atoms. The number of hydrogen-bond donors (Lipinski definition) is 0. The molecular formula is C9H9F7O2. The van der Waals surface area contributed by atoms with Crippen molar-refractivity contribution >= 4 is 5.97 Å². The van der Waals surface area contributed by atoms with E-state index in [1.807, 2.05) is 0 Å². The van der Waals surface area contributed by atoms with Gasteiger partial charge in [0.05, 0.1) is 6.42 Å². The van der Waals surface area contributed by atoms with Crippen molar-refractivity contribution in [2.45, 2.75) is 31.4 Å². The monoisotopic (exact) mass is 282 g/mol. The Balaban J connectivity index is 4.58. The van der Waals surface area contributed by atoms with E-state index in [1.54, 1.807) is 0 Å². The first-order valence-electron chi connectivity index (χ1n) is 4.43. The van der Waals surface area contributed by atoms with Crippen molar-refractivity contribution in [1.29, 1.82) is 0 Å². The maximum absolute atomic E-state index is 12.8. The minimum absolute atomic E-state index is 0.284. The van der Waals surface area contributed by atoms with Crippen molar-refractivity contribution in [2.75, 3.05) is 6.61 Å². The summed E-state index contributed by atoms with van der Waals surface area (Å²) in [6.45, 7) is 2.25. The fraction of sp³-hybridized carbons (Fsp3) is 0.667. The van der Waals surface area contributed by atoms with Gasteiger partial charge in [0.25, 0.3) is 5.92 Å². The van der Waals surface area contributed by atoms with Gasteiger partial charge in [-0.05, 0) is 6.92 Å². The molecule has 0 N–H and O–H groups in total. The van der Waals surface area contributed by atoms with Gasteiger partial charge in [0.15, 0.2) is 6.61 Å². The molecular weight excluding hydrogens is 273 g/mol. The molecule has 0 heterocycles. The van der Waals surface area contributed by atoms with Gasteiger partial charge in [0.2, 0.25) is 0 Å². The molecule has 0 aliphatic heterocycles. The third-order valence-corrected chi connectivity index (χ3v) is 1.66. The molecule has 2 nitrogen and oxygen atoms in total. The highest BCUT2D eigenvalue weighted by Crippen LogP contribution is 2.42. The maximum Gasteiger partial charge on any atom is 0.453 e. The number of carbonyl (C=O) groups is 1. The molecule has 0 aliphatic rings. The number of ether oxygens (including phenoxy) is 1. The van der Waals surface area contributed by atoms with Gasteiger partial charge in [0.1, 0.15) is 0 Å². The number of carbonyl (C=O) groups excluding carboxylic acids is 1. The van der Waals surface area contributed by atoms with Gasteiger partial charge in [-0.3, -0.25) is 0 Å². The predicted molar refractivity (Wildman–Crippen MR) is 46.3 cm³/mol. The van der Waals surface area contributed by atoms with E-state index in [2.05, 4.69) is 11.3 Å². The van der Waals surface area contributed by atoms with Gasteiger partial charge in [0, 0.05) is 5.57 Å². The second-order valence-corrected chi connectivity index (χ2v) is 3.59. The zero-order valence-electron chi connectivity index (χ0n) is 9.08. The number of halogens is 7. The van der Waals surface area contributed by atoms with Crippen LogP contribution in [0.2, 0.25) is 0 Å². The van der Waals surface area contributed by atoms with Crippen LogP contribution in [0.4, 0.5) is 30.7 Å². The molecule has 0 aromatic rings. The largest absolute Gasteiger partial charge is 0.456 e. The summed E-state index contributed by atoms with van der Waals surface area (Å²) in [5.74, 6) is -11.4. The normalized spacial score (nSPS) is 13.3. The lowest BCUT2D eigenvalue weighted by atomic mass is 10.1. The van der Waals surface area contributed by atoms with Crippen LogP contribution in [0.25, 0.3) is 0 Å². The smallest absolute Gasteiger partial charge is 0.453 e. The van der Waals surface area contributed by atoms with E-state index in [0.29, 0.717) is 0 Å². The average Bonchev–Trinajstić information content (AvgIpc) is 2.10. The SMILES string of the molecule is C=C(C)C(=O)OCC(F)(F)CC(F)(F)C(F)(F)F. The zero-order chi connectivity index (χ0) is 14.8. The number of esters is 1. The van der Waals surface area contributed by atoms with Crippen molar-refractivity contribution in [3.63, 3.8) is 0 Å². The lowest BCUT2D eigenvalue weighted by molar-refractivity contribution is -0.302. The molecule has 0 saturated heterocycles. The van der Waals surface area contributed by atoms with Gasteiger partial charge < -0.3 is 4.74 Å². The quantitative estimate of drug-likeness (QED) is 0.439. The Morgan fingerprint density at radius 1 is 1.11 bits per heavy atom. The first-order valence-corrected chi connectivity index (χ1v) is 4.43. The van der Waals surface area contributed by atoms with Gasteiger partial charge >= 0.3 is 18.1 Å². The Kier molecular flexibility index (Phi) is 4.78. The highest BCUT2D eigenvalue weighted by molar-refractivity contribution is 5.86. The summed E-state index contributed by atoms with van der Waals surface area (Å²) in [4.78, 5) is 10.7. The molecule has 9 heteroatoms. The molecule has 0 aromatic carbocycles. The molecule has 0 atom stereocenters. The van der Waals surface area contributed by atoms with Crippen molar-refractivity contribution in [1.82, 2.24) is 0 Å². The highest BCUT2D eigenvalue weighted by atomic mass is 19.4. The Labute approximate surface area is 97.4 Å². The van der Waals surface area contributed by atoms with Crippen LogP contribution in [-0.2, 0) is 9.53 Å². The molecule has 0 aromatic heterocycles. The van der Waals surface area contributed by atoms with E-state index in [1.165, 1.54) is 0 Å². The van der Waals surface area contributed by atoms with Crippen LogP contribution in [0.5, 0.6) is 0 Å². The summed E-state index contributed by atoms with van der Waals surface area (Å²) < 4.78 is 89.2. The number of hydrogen-bond acceptors (Lipinski definition) is 2. The second kappa shape index (κ2) is 5.15. The standard InChI is InChI=1S/C9H9F7O2/c1-5(2)6(17)18-4-7(10,11)3-8(12,13)9(14,15)16/h1,3-4H2,2H3. The van der Waals surface area contributed by atoms with Gasteiger partial charge in [-0.15, -0.1) is 0 Å². The van der Waals surface area contributed by atoms with Crippen LogP contribution < -0.4 is 0 Å². The molecule has 0 rings (SSSR count). The minimum Gasteiger partial charge on any atom is -0.456 e. The molecule has 0 saturated carbocycles.